The largest absolute Gasteiger partial charge is 0.487 e. The van der Waals surface area contributed by atoms with E-state index in [1.165, 1.54) is 4.68 Å². The molecule has 5 nitrogen and oxygen atoms in total. The first kappa shape index (κ1) is 13.1. The molecule has 0 aliphatic heterocycles. The molecule has 1 heterocycles. The lowest BCUT2D eigenvalue weighted by molar-refractivity contribution is 0.0681. The summed E-state index contributed by atoms with van der Waals surface area (Å²) < 4.78 is 7.04. The van der Waals surface area contributed by atoms with Gasteiger partial charge in [-0.05, 0) is 32.0 Å². The van der Waals surface area contributed by atoms with Gasteiger partial charge in [-0.2, -0.15) is 5.10 Å². The number of ether oxygens (including phenoxy) is 1. The number of hydrogen-bond donors (Lipinski definition) is 1. The van der Waals surface area contributed by atoms with E-state index in [2.05, 4.69) is 5.10 Å². The van der Waals surface area contributed by atoms with Crippen molar-refractivity contribution in [1.82, 2.24) is 9.78 Å². The SMILES string of the molecule is CC(C)n1nc(COc2ccccc2)cc1C(=O)O. The maximum Gasteiger partial charge on any atom is 0.354 e. The average Bonchev–Trinajstić information content (AvgIpc) is 2.82. The number of nitrogens with zero attached hydrogens (tertiary/aromatic N) is 2. The monoisotopic (exact) mass is 260 g/mol. The number of carbonyl (C=O) groups is 1. The average molecular weight is 260 g/mol. The Kier molecular flexibility index (Phi) is 3.85. The number of aromatic nitrogens is 2. The lowest BCUT2D eigenvalue weighted by atomic mass is 10.3. The van der Waals surface area contributed by atoms with Crippen LogP contribution < -0.4 is 4.74 Å². The Bertz CT molecular complexity index is 561. The van der Waals surface area contributed by atoms with Crippen LogP contribution in [0.5, 0.6) is 5.75 Å². The molecule has 0 atom stereocenters. The second-order valence-corrected chi connectivity index (χ2v) is 4.47. The molecule has 100 valence electrons. The van der Waals surface area contributed by atoms with E-state index in [1.807, 2.05) is 44.2 Å². The van der Waals surface area contributed by atoms with Crippen molar-refractivity contribution in [2.24, 2.45) is 0 Å². The Balaban J connectivity index is 2.13. The molecule has 0 radical (unpaired) electrons. The maximum atomic E-state index is 11.1. The highest BCUT2D eigenvalue weighted by molar-refractivity contribution is 5.85. The van der Waals surface area contributed by atoms with Crippen molar-refractivity contribution in [2.75, 3.05) is 0 Å². The van der Waals surface area contributed by atoms with Gasteiger partial charge in [-0.1, -0.05) is 18.2 Å². The van der Waals surface area contributed by atoms with Gasteiger partial charge in [0.1, 0.15) is 23.7 Å². The van der Waals surface area contributed by atoms with Gasteiger partial charge in [-0.15, -0.1) is 0 Å². The highest BCUT2D eigenvalue weighted by Gasteiger charge is 2.16. The number of aromatic carboxylic acids is 1. The number of carboxylic acid groups (broad SMARTS) is 1. The van der Waals surface area contributed by atoms with Crippen LogP contribution in [0.15, 0.2) is 36.4 Å². The zero-order valence-corrected chi connectivity index (χ0v) is 10.9. The molecule has 0 saturated heterocycles. The van der Waals surface area contributed by atoms with Crippen molar-refractivity contribution in [2.45, 2.75) is 26.5 Å². The summed E-state index contributed by atoms with van der Waals surface area (Å²) in [5.41, 5.74) is 0.789. The van der Waals surface area contributed by atoms with E-state index in [9.17, 15) is 4.79 Å². The van der Waals surface area contributed by atoms with E-state index in [0.717, 1.165) is 5.75 Å². The second-order valence-electron chi connectivity index (χ2n) is 4.47. The third kappa shape index (κ3) is 3.13. The van der Waals surface area contributed by atoms with Crippen molar-refractivity contribution >= 4 is 5.97 Å². The zero-order valence-electron chi connectivity index (χ0n) is 10.9. The van der Waals surface area contributed by atoms with Crippen LogP contribution in [0.4, 0.5) is 0 Å². The van der Waals surface area contributed by atoms with Gasteiger partial charge in [-0.25, -0.2) is 4.79 Å². The summed E-state index contributed by atoms with van der Waals surface area (Å²) in [5, 5.41) is 13.4. The van der Waals surface area contributed by atoms with Gasteiger partial charge >= 0.3 is 5.97 Å². The molecule has 0 amide bonds. The zero-order chi connectivity index (χ0) is 13.8. The molecule has 0 bridgehead atoms. The molecule has 1 N–H and O–H groups in total. The summed E-state index contributed by atoms with van der Waals surface area (Å²) in [5.74, 6) is -0.245. The standard InChI is InChI=1S/C14H16N2O3/c1-10(2)16-13(14(17)18)8-11(15-16)9-19-12-6-4-3-5-7-12/h3-8,10H,9H2,1-2H3,(H,17,18). The van der Waals surface area contributed by atoms with Gasteiger partial charge in [0.05, 0.1) is 0 Å². The number of rotatable bonds is 5. The molecule has 2 aromatic rings. The molecule has 19 heavy (non-hydrogen) atoms. The molecule has 0 aliphatic rings. The molecule has 5 heteroatoms. The van der Waals surface area contributed by atoms with Gasteiger partial charge in [0, 0.05) is 6.04 Å². The van der Waals surface area contributed by atoms with Crippen LogP contribution in [-0.2, 0) is 6.61 Å². The molecule has 1 aromatic heterocycles. The van der Waals surface area contributed by atoms with Crippen LogP contribution in [0.3, 0.4) is 0 Å². The summed E-state index contributed by atoms with van der Waals surface area (Å²) >= 11 is 0. The first-order valence-electron chi connectivity index (χ1n) is 6.07. The summed E-state index contributed by atoms with van der Waals surface area (Å²) in [6.45, 7) is 4.03. The van der Waals surface area contributed by atoms with Crippen LogP contribution in [-0.4, -0.2) is 20.9 Å². The topological polar surface area (TPSA) is 64.4 Å². The predicted octanol–water partition coefficient (Wildman–Crippen LogP) is 2.74. The minimum Gasteiger partial charge on any atom is -0.487 e. The molecule has 0 fully saturated rings. The molecule has 0 unspecified atom stereocenters. The lowest BCUT2D eigenvalue weighted by Gasteiger charge is -2.07. The maximum absolute atomic E-state index is 11.1. The van der Waals surface area contributed by atoms with Gasteiger partial charge < -0.3 is 9.84 Å². The fraction of sp³-hybridized carbons (Fsp3) is 0.286. The molecular weight excluding hydrogens is 244 g/mol. The highest BCUT2D eigenvalue weighted by Crippen LogP contribution is 2.14. The van der Waals surface area contributed by atoms with Gasteiger partial charge in [0.2, 0.25) is 0 Å². The van der Waals surface area contributed by atoms with Crippen molar-refractivity contribution < 1.29 is 14.6 Å². The van der Waals surface area contributed by atoms with Crippen molar-refractivity contribution in [3.05, 3.63) is 47.8 Å². The summed E-state index contributed by atoms with van der Waals surface area (Å²) in [7, 11) is 0. The fourth-order valence-corrected chi connectivity index (χ4v) is 1.74. The first-order valence-corrected chi connectivity index (χ1v) is 6.07. The normalized spacial score (nSPS) is 10.7. The first-order chi connectivity index (χ1) is 9.08. The smallest absolute Gasteiger partial charge is 0.354 e. The Morgan fingerprint density at radius 3 is 2.58 bits per heavy atom. The van der Waals surface area contributed by atoms with E-state index in [0.29, 0.717) is 5.69 Å². The Morgan fingerprint density at radius 2 is 2.05 bits per heavy atom. The van der Waals surface area contributed by atoms with Crippen LogP contribution in [0.25, 0.3) is 0 Å². The summed E-state index contributed by atoms with van der Waals surface area (Å²) in [6, 6.07) is 10.9. The third-order valence-electron chi connectivity index (χ3n) is 2.62. The van der Waals surface area contributed by atoms with Crippen molar-refractivity contribution in [3.63, 3.8) is 0 Å². The quantitative estimate of drug-likeness (QED) is 0.897. The van der Waals surface area contributed by atoms with Gasteiger partial charge in [0.15, 0.2) is 0 Å². The fourth-order valence-electron chi connectivity index (χ4n) is 1.74. The van der Waals surface area contributed by atoms with Crippen LogP contribution in [0.1, 0.15) is 36.1 Å². The Hall–Kier alpha value is -2.30. The molecular formula is C14H16N2O3. The molecule has 1 aromatic carbocycles. The van der Waals surface area contributed by atoms with E-state index < -0.39 is 5.97 Å². The van der Waals surface area contributed by atoms with E-state index in [4.69, 9.17) is 9.84 Å². The predicted molar refractivity (Wildman–Crippen MR) is 70.3 cm³/mol. The van der Waals surface area contributed by atoms with Crippen LogP contribution in [0.2, 0.25) is 0 Å². The summed E-state index contributed by atoms with van der Waals surface area (Å²) in [4.78, 5) is 11.1. The van der Waals surface area contributed by atoms with E-state index in [-0.39, 0.29) is 18.3 Å². The van der Waals surface area contributed by atoms with E-state index in [1.54, 1.807) is 6.07 Å². The van der Waals surface area contributed by atoms with Gasteiger partial charge in [0.25, 0.3) is 0 Å². The number of benzene rings is 1. The second kappa shape index (κ2) is 5.56. The van der Waals surface area contributed by atoms with E-state index >= 15 is 0 Å². The van der Waals surface area contributed by atoms with Crippen molar-refractivity contribution in [3.8, 4) is 5.75 Å². The van der Waals surface area contributed by atoms with Crippen LogP contribution in [0, 0.1) is 0 Å². The Labute approximate surface area is 111 Å². The minimum absolute atomic E-state index is 0.00317. The molecule has 0 spiro atoms. The summed E-state index contributed by atoms with van der Waals surface area (Å²) in [6.07, 6.45) is 0. The highest BCUT2D eigenvalue weighted by atomic mass is 16.5. The van der Waals surface area contributed by atoms with Crippen LogP contribution >= 0.6 is 0 Å². The van der Waals surface area contributed by atoms with Gasteiger partial charge in [-0.3, -0.25) is 4.68 Å². The lowest BCUT2D eigenvalue weighted by Crippen LogP contribution is -2.12. The van der Waals surface area contributed by atoms with Crippen molar-refractivity contribution in [1.29, 1.82) is 0 Å². The molecule has 0 aliphatic carbocycles. The molecule has 2 rings (SSSR count). The number of hydrogen-bond acceptors (Lipinski definition) is 3. The minimum atomic E-state index is -0.979. The number of para-hydroxylation sites is 1. The Morgan fingerprint density at radius 1 is 1.37 bits per heavy atom. The number of carboxylic acids is 1. The third-order valence-corrected chi connectivity index (χ3v) is 2.62. The molecule has 0 saturated carbocycles.